The summed E-state index contributed by atoms with van der Waals surface area (Å²) in [7, 11) is 0. The topological polar surface area (TPSA) is 127 Å². The summed E-state index contributed by atoms with van der Waals surface area (Å²) < 4.78 is 0. The Kier molecular flexibility index (Phi) is 2.18. The normalized spacial score (nSPS) is 24.4. The van der Waals surface area contributed by atoms with Crippen LogP contribution in [0.5, 0.6) is 0 Å². The van der Waals surface area contributed by atoms with Crippen molar-refractivity contribution in [2.75, 3.05) is 11.5 Å². The number of benzene rings is 1. The van der Waals surface area contributed by atoms with Crippen LogP contribution in [0.15, 0.2) is 12.1 Å². The van der Waals surface area contributed by atoms with Crippen LogP contribution in [-0.4, -0.2) is 34.0 Å². The van der Waals surface area contributed by atoms with Crippen LogP contribution in [0.4, 0.5) is 11.4 Å². The molecule has 0 saturated carbocycles. The van der Waals surface area contributed by atoms with Crippen LogP contribution in [0.25, 0.3) is 0 Å². The Hall–Kier alpha value is -1.92. The molecular weight excluding hydrogens is 212 g/mol. The molecule has 1 aliphatic carbocycles. The molecule has 0 fully saturated rings. The number of fused-ring (bicyclic) bond motifs is 1. The van der Waals surface area contributed by atoms with Crippen LogP contribution in [0, 0.1) is 0 Å². The third-order valence-electron chi connectivity index (χ3n) is 2.60. The van der Waals surface area contributed by atoms with E-state index in [9.17, 15) is 19.8 Å². The molecule has 0 spiro atoms. The maximum atomic E-state index is 11.6. The Balaban J connectivity index is 2.77. The zero-order valence-electron chi connectivity index (χ0n) is 8.18. The summed E-state index contributed by atoms with van der Waals surface area (Å²) in [4.78, 5) is 23.3. The van der Waals surface area contributed by atoms with Crippen molar-refractivity contribution in [3.63, 3.8) is 0 Å². The van der Waals surface area contributed by atoms with Gasteiger partial charge in [0.2, 0.25) is 0 Å². The van der Waals surface area contributed by atoms with Gasteiger partial charge in [-0.2, -0.15) is 0 Å². The van der Waals surface area contributed by atoms with Crippen molar-refractivity contribution in [3.05, 3.63) is 23.3 Å². The van der Waals surface area contributed by atoms with Crippen molar-refractivity contribution in [3.8, 4) is 0 Å². The van der Waals surface area contributed by atoms with E-state index in [1.54, 1.807) is 0 Å². The first-order valence-electron chi connectivity index (χ1n) is 4.57. The van der Waals surface area contributed by atoms with E-state index in [2.05, 4.69) is 0 Å². The van der Waals surface area contributed by atoms with Gasteiger partial charge in [0, 0.05) is 11.4 Å². The van der Waals surface area contributed by atoms with Gasteiger partial charge in [-0.3, -0.25) is 9.59 Å². The third-order valence-corrected chi connectivity index (χ3v) is 2.60. The first-order chi connectivity index (χ1) is 7.45. The van der Waals surface area contributed by atoms with E-state index in [-0.39, 0.29) is 22.5 Å². The van der Waals surface area contributed by atoms with E-state index in [0.29, 0.717) is 0 Å². The molecule has 1 aromatic rings. The van der Waals surface area contributed by atoms with Crippen molar-refractivity contribution >= 4 is 22.9 Å². The minimum Gasteiger partial charge on any atom is -0.398 e. The number of nitrogen functional groups attached to an aromatic ring is 2. The maximum absolute atomic E-state index is 11.6. The number of aliphatic hydroxyl groups is 2. The van der Waals surface area contributed by atoms with E-state index in [1.807, 2.05) is 0 Å². The standard InChI is InChI=1S/C10H10N2O4/c11-3-1-2-4(12)6-5(3)7(13)9(15)10(16)8(6)14/h1-2,9-10,15-16H,11-12H2. The highest BCUT2D eigenvalue weighted by Crippen LogP contribution is 2.30. The number of anilines is 2. The number of hydrogen-bond donors (Lipinski definition) is 4. The van der Waals surface area contributed by atoms with Crippen LogP contribution >= 0.6 is 0 Å². The molecule has 6 N–H and O–H groups in total. The van der Waals surface area contributed by atoms with Gasteiger partial charge in [-0.05, 0) is 12.1 Å². The molecule has 84 valence electrons. The minimum atomic E-state index is -1.77. The zero-order chi connectivity index (χ0) is 12.0. The Morgan fingerprint density at radius 1 is 0.875 bits per heavy atom. The average Bonchev–Trinajstić information content (AvgIpc) is 2.26. The van der Waals surface area contributed by atoms with E-state index in [1.165, 1.54) is 12.1 Å². The zero-order valence-corrected chi connectivity index (χ0v) is 8.18. The van der Waals surface area contributed by atoms with E-state index < -0.39 is 23.8 Å². The number of rotatable bonds is 0. The van der Waals surface area contributed by atoms with Crippen LogP contribution in [0.1, 0.15) is 20.7 Å². The average molecular weight is 222 g/mol. The highest BCUT2D eigenvalue weighted by Gasteiger charge is 2.41. The summed E-state index contributed by atoms with van der Waals surface area (Å²) in [5, 5.41) is 18.7. The lowest BCUT2D eigenvalue weighted by molar-refractivity contribution is 0.0185. The monoisotopic (exact) mass is 222 g/mol. The quantitative estimate of drug-likeness (QED) is 0.415. The summed E-state index contributed by atoms with van der Waals surface area (Å²) in [6.45, 7) is 0. The predicted molar refractivity (Wildman–Crippen MR) is 55.9 cm³/mol. The van der Waals surface area contributed by atoms with Crippen molar-refractivity contribution in [2.45, 2.75) is 12.2 Å². The van der Waals surface area contributed by atoms with E-state index in [4.69, 9.17) is 11.5 Å². The number of hydrogen-bond acceptors (Lipinski definition) is 6. The maximum Gasteiger partial charge on any atom is 0.197 e. The lowest BCUT2D eigenvalue weighted by atomic mass is 9.84. The number of Topliss-reactive ketones (excluding diaryl/α,β-unsaturated/α-hetero) is 2. The summed E-state index contributed by atoms with van der Waals surface area (Å²) >= 11 is 0. The lowest BCUT2D eigenvalue weighted by Gasteiger charge is -2.25. The van der Waals surface area contributed by atoms with Gasteiger partial charge in [-0.25, -0.2) is 0 Å². The number of carbonyl (C=O) groups is 2. The Bertz CT molecular complexity index is 453. The van der Waals surface area contributed by atoms with Crippen molar-refractivity contribution in [2.24, 2.45) is 0 Å². The summed E-state index contributed by atoms with van der Waals surface area (Å²) in [6, 6.07) is 2.76. The number of ketones is 2. The van der Waals surface area contributed by atoms with Gasteiger partial charge in [-0.1, -0.05) is 0 Å². The fourth-order valence-corrected chi connectivity index (χ4v) is 1.75. The van der Waals surface area contributed by atoms with Crippen molar-refractivity contribution < 1.29 is 19.8 Å². The molecule has 0 saturated heterocycles. The minimum absolute atomic E-state index is 0.0634. The van der Waals surface area contributed by atoms with Crippen LogP contribution in [0.3, 0.4) is 0 Å². The first kappa shape index (κ1) is 10.6. The van der Waals surface area contributed by atoms with Gasteiger partial charge >= 0.3 is 0 Å². The highest BCUT2D eigenvalue weighted by atomic mass is 16.3. The first-order valence-corrected chi connectivity index (χ1v) is 4.57. The molecule has 6 nitrogen and oxygen atoms in total. The fraction of sp³-hybridized carbons (Fsp3) is 0.200. The number of aliphatic hydroxyl groups excluding tert-OH is 2. The highest BCUT2D eigenvalue weighted by molar-refractivity contribution is 6.22. The van der Waals surface area contributed by atoms with Gasteiger partial charge in [0.05, 0.1) is 11.1 Å². The molecule has 0 aromatic heterocycles. The molecule has 1 aromatic carbocycles. The SMILES string of the molecule is Nc1ccc(N)c2c1C(=O)C(O)C(O)C2=O. The predicted octanol–water partition coefficient (Wildman–Crippen LogP) is -1.05. The lowest BCUT2D eigenvalue weighted by Crippen LogP contribution is -2.45. The molecular formula is C10H10N2O4. The van der Waals surface area contributed by atoms with Crippen LogP contribution in [-0.2, 0) is 0 Å². The van der Waals surface area contributed by atoms with E-state index >= 15 is 0 Å². The molecule has 0 aliphatic heterocycles. The van der Waals surface area contributed by atoms with Gasteiger partial charge < -0.3 is 21.7 Å². The van der Waals surface area contributed by atoms with E-state index in [0.717, 1.165) is 0 Å². The Morgan fingerprint density at radius 2 is 1.19 bits per heavy atom. The van der Waals surface area contributed by atoms with Gasteiger partial charge in [-0.15, -0.1) is 0 Å². The molecule has 2 unspecified atom stereocenters. The molecule has 0 amide bonds. The Morgan fingerprint density at radius 3 is 1.50 bits per heavy atom. The molecule has 0 bridgehead atoms. The Labute approximate surface area is 90.5 Å². The van der Waals surface area contributed by atoms with Crippen LogP contribution < -0.4 is 11.5 Å². The second-order valence-electron chi connectivity index (χ2n) is 3.61. The van der Waals surface area contributed by atoms with Crippen LogP contribution in [0.2, 0.25) is 0 Å². The molecule has 1 aliphatic rings. The third kappa shape index (κ3) is 1.21. The molecule has 6 heteroatoms. The van der Waals surface area contributed by atoms with Crippen molar-refractivity contribution in [1.29, 1.82) is 0 Å². The molecule has 16 heavy (non-hydrogen) atoms. The van der Waals surface area contributed by atoms with Crippen molar-refractivity contribution in [1.82, 2.24) is 0 Å². The molecule has 0 radical (unpaired) electrons. The summed E-state index contributed by atoms with van der Waals surface area (Å²) in [6.07, 6.45) is -3.55. The second kappa shape index (κ2) is 3.29. The summed E-state index contributed by atoms with van der Waals surface area (Å²) in [5.74, 6) is -1.57. The largest absolute Gasteiger partial charge is 0.398 e. The fourth-order valence-electron chi connectivity index (χ4n) is 1.75. The number of nitrogens with two attached hydrogens (primary N) is 2. The molecule has 2 atom stereocenters. The van der Waals surface area contributed by atoms with Gasteiger partial charge in [0.25, 0.3) is 0 Å². The molecule has 0 heterocycles. The smallest absolute Gasteiger partial charge is 0.197 e. The summed E-state index contributed by atoms with van der Waals surface area (Å²) in [5.41, 5.74) is 11.0. The van der Waals surface area contributed by atoms with Gasteiger partial charge in [0.15, 0.2) is 23.8 Å². The van der Waals surface area contributed by atoms with Gasteiger partial charge in [0.1, 0.15) is 0 Å². The molecule has 2 rings (SSSR count). The number of carbonyl (C=O) groups excluding carboxylic acids is 2. The second-order valence-corrected chi connectivity index (χ2v) is 3.61.